The minimum atomic E-state index is -1.23. The highest BCUT2D eigenvalue weighted by molar-refractivity contribution is 5.33. The molecule has 0 aromatic heterocycles. The Hall–Kier alpha value is -2.04. The molecule has 17 heavy (non-hydrogen) atoms. The highest BCUT2D eigenvalue weighted by atomic mass is 16.3. The van der Waals surface area contributed by atoms with Crippen molar-refractivity contribution in [3.05, 3.63) is 71.8 Å². The Morgan fingerprint density at radius 3 is 2.00 bits per heavy atom. The Morgan fingerprint density at radius 1 is 0.941 bits per heavy atom. The molecule has 2 aromatic carbocycles. The van der Waals surface area contributed by atoms with Gasteiger partial charge in [0.25, 0.3) is 0 Å². The van der Waals surface area contributed by atoms with Gasteiger partial charge in [-0.25, -0.2) is 0 Å². The summed E-state index contributed by atoms with van der Waals surface area (Å²) in [5, 5.41) is 10.5. The molecule has 0 radical (unpaired) electrons. The Kier molecular flexibility index (Phi) is 3.27. The fourth-order valence-corrected chi connectivity index (χ4v) is 1.84. The second kappa shape index (κ2) is 4.86. The van der Waals surface area contributed by atoms with Gasteiger partial charge in [0.15, 0.2) is 5.60 Å². The number of aliphatic hydroxyl groups is 1. The first-order valence-corrected chi connectivity index (χ1v) is 5.54. The molecule has 0 saturated carbocycles. The molecule has 0 heterocycles. The summed E-state index contributed by atoms with van der Waals surface area (Å²) in [4.78, 5) is 0. The van der Waals surface area contributed by atoms with Crippen LogP contribution >= 0.6 is 0 Å². The molecule has 0 aliphatic heterocycles. The van der Waals surface area contributed by atoms with Crippen molar-refractivity contribution in [2.45, 2.75) is 12.0 Å². The van der Waals surface area contributed by atoms with Gasteiger partial charge in [-0.2, -0.15) is 0 Å². The molecular weight excluding hydrogens is 208 g/mol. The second-order valence-corrected chi connectivity index (χ2v) is 4.03. The monoisotopic (exact) mass is 222 g/mol. The van der Waals surface area contributed by atoms with Crippen molar-refractivity contribution in [2.24, 2.45) is 0 Å². The SMILES string of the molecule is C#C[C@](O)(Cc1ccccc1)c1ccccc1. The van der Waals surface area contributed by atoms with E-state index in [1.165, 1.54) is 0 Å². The van der Waals surface area contributed by atoms with Gasteiger partial charge in [-0.05, 0) is 11.1 Å². The first kappa shape index (κ1) is 11.4. The van der Waals surface area contributed by atoms with Gasteiger partial charge in [0.2, 0.25) is 0 Å². The van der Waals surface area contributed by atoms with Gasteiger partial charge in [-0.3, -0.25) is 0 Å². The van der Waals surface area contributed by atoms with Gasteiger partial charge in [-0.15, -0.1) is 6.42 Å². The van der Waals surface area contributed by atoms with E-state index >= 15 is 0 Å². The van der Waals surface area contributed by atoms with Crippen LogP contribution in [-0.2, 0) is 12.0 Å². The van der Waals surface area contributed by atoms with Crippen LogP contribution in [0.2, 0.25) is 0 Å². The van der Waals surface area contributed by atoms with Crippen LogP contribution in [0.3, 0.4) is 0 Å². The van der Waals surface area contributed by atoms with Gasteiger partial charge in [-0.1, -0.05) is 66.6 Å². The molecule has 0 fully saturated rings. The van der Waals surface area contributed by atoms with Crippen molar-refractivity contribution in [1.29, 1.82) is 0 Å². The van der Waals surface area contributed by atoms with Crippen molar-refractivity contribution in [3.63, 3.8) is 0 Å². The number of benzene rings is 2. The topological polar surface area (TPSA) is 20.2 Å². The molecule has 1 nitrogen and oxygen atoms in total. The van der Waals surface area contributed by atoms with Crippen molar-refractivity contribution < 1.29 is 5.11 Å². The smallest absolute Gasteiger partial charge is 0.154 e. The fraction of sp³-hybridized carbons (Fsp3) is 0.125. The molecule has 0 amide bonds. The van der Waals surface area contributed by atoms with Gasteiger partial charge in [0.05, 0.1) is 0 Å². The molecule has 1 heteroatoms. The van der Waals surface area contributed by atoms with Crippen molar-refractivity contribution >= 4 is 0 Å². The first-order chi connectivity index (χ1) is 8.24. The number of terminal acetylenes is 1. The largest absolute Gasteiger partial charge is 0.373 e. The highest BCUT2D eigenvalue weighted by Gasteiger charge is 2.26. The van der Waals surface area contributed by atoms with Crippen molar-refractivity contribution in [2.75, 3.05) is 0 Å². The molecule has 0 aliphatic rings. The Bertz CT molecular complexity index is 510. The summed E-state index contributed by atoms with van der Waals surface area (Å²) >= 11 is 0. The maximum absolute atomic E-state index is 10.5. The molecule has 0 bridgehead atoms. The number of rotatable bonds is 3. The summed E-state index contributed by atoms with van der Waals surface area (Å²) < 4.78 is 0. The molecule has 0 unspecified atom stereocenters. The van der Waals surface area contributed by atoms with Gasteiger partial charge < -0.3 is 5.11 Å². The Morgan fingerprint density at radius 2 is 1.47 bits per heavy atom. The lowest BCUT2D eigenvalue weighted by atomic mass is 9.88. The lowest BCUT2D eigenvalue weighted by Crippen LogP contribution is -2.26. The molecule has 2 rings (SSSR count). The summed E-state index contributed by atoms with van der Waals surface area (Å²) in [6.45, 7) is 0. The number of hydrogen-bond donors (Lipinski definition) is 1. The van der Waals surface area contributed by atoms with E-state index in [4.69, 9.17) is 6.42 Å². The predicted molar refractivity (Wildman–Crippen MR) is 69.3 cm³/mol. The zero-order chi connectivity index (χ0) is 12.1. The van der Waals surface area contributed by atoms with Crippen LogP contribution in [-0.4, -0.2) is 5.11 Å². The van der Waals surface area contributed by atoms with E-state index in [1.807, 2.05) is 60.7 Å². The van der Waals surface area contributed by atoms with E-state index in [0.717, 1.165) is 11.1 Å². The highest BCUT2D eigenvalue weighted by Crippen LogP contribution is 2.24. The minimum absolute atomic E-state index is 0.425. The lowest BCUT2D eigenvalue weighted by Gasteiger charge is -2.22. The summed E-state index contributed by atoms with van der Waals surface area (Å²) in [5.41, 5.74) is 0.547. The Balaban J connectivity index is 2.31. The summed E-state index contributed by atoms with van der Waals surface area (Å²) in [7, 11) is 0. The fourth-order valence-electron chi connectivity index (χ4n) is 1.84. The van der Waals surface area contributed by atoms with Crippen LogP contribution in [0, 0.1) is 12.3 Å². The standard InChI is InChI=1S/C16H14O/c1-2-16(17,15-11-7-4-8-12-15)13-14-9-5-3-6-10-14/h1,3-12,17H,13H2/t16-/m0/s1. The maximum atomic E-state index is 10.5. The third-order valence-corrected chi connectivity index (χ3v) is 2.79. The van der Waals surface area contributed by atoms with E-state index in [1.54, 1.807) is 0 Å². The molecule has 1 N–H and O–H groups in total. The molecule has 0 spiro atoms. The summed E-state index contributed by atoms with van der Waals surface area (Å²) in [6.07, 6.45) is 5.91. The van der Waals surface area contributed by atoms with Crippen LogP contribution in [0.15, 0.2) is 60.7 Å². The molecule has 2 aromatic rings. The predicted octanol–water partition coefficient (Wildman–Crippen LogP) is 2.75. The maximum Gasteiger partial charge on any atom is 0.154 e. The van der Waals surface area contributed by atoms with E-state index < -0.39 is 5.60 Å². The van der Waals surface area contributed by atoms with Crippen LogP contribution in [0.1, 0.15) is 11.1 Å². The second-order valence-electron chi connectivity index (χ2n) is 4.03. The Labute approximate surface area is 102 Å². The van der Waals surface area contributed by atoms with E-state index in [-0.39, 0.29) is 0 Å². The van der Waals surface area contributed by atoms with E-state index in [9.17, 15) is 5.11 Å². The van der Waals surface area contributed by atoms with Gasteiger partial charge in [0.1, 0.15) is 0 Å². The molecule has 84 valence electrons. The van der Waals surface area contributed by atoms with Crippen LogP contribution < -0.4 is 0 Å². The molecular formula is C16H14O. The lowest BCUT2D eigenvalue weighted by molar-refractivity contribution is 0.101. The molecule has 0 saturated heterocycles. The summed E-state index contributed by atoms with van der Waals surface area (Å²) in [6, 6.07) is 19.1. The van der Waals surface area contributed by atoms with Crippen LogP contribution in [0.5, 0.6) is 0 Å². The quantitative estimate of drug-likeness (QED) is 0.792. The normalized spacial score (nSPS) is 13.6. The van der Waals surface area contributed by atoms with Crippen LogP contribution in [0.25, 0.3) is 0 Å². The minimum Gasteiger partial charge on any atom is -0.373 e. The first-order valence-electron chi connectivity index (χ1n) is 5.54. The van der Waals surface area contributed by atoms with E-state index in [0.29, 0.717) is 6.42 Å². The summed E-state index contributed by atoms with van der Waals surface area (Å²) in [5.74, 6) is 2.50. The molecule has 0 aliphatic carbocycles. The van der Waals surface area contributed by atoms with Crippen LogP contribution in [0.4, 0.5) is 0 Å². The van der Waals surface area contributed by atoms with E-state index in [2.05, 4.69) is 5.92 Å². The van der Waals surface area contributed by atoms with Crippen molar-refractivity contribution in [3.8, 4) is 12.3 Å². The van der Waals surface area contributed by atoms with Gasteiger partial charge in [0, 0.05) is 6.42 Å². The zero-order valence-corrected chi connectivity index (χ0v) is 9.51. The van der Waals surface area contributed by atoms with Crippen molar-refractivity contribution in [1.82, 2.24) is 0 Å². The zero-order valence-electron chi connectivity index (χ0n) is 9.51. The average Bonchev–Trinajstić information content (AvgIpc) is 2.41. The number of hydrogen-bond acceptors (Lipinski definition) is 1. The van der Waals surface area contributed by atoms with Gasteiger partial charge >= 0.3 is 0 Å². The third kappa shape index (κ3) is 2.55. The molecule has 1 atom stereocenters. The third-order valence-electron chi connectivity index (χ3n) is 2.79. The average molecular weight is 222 g/mol.